The standard InChI is InChI=1S/C13H23N3/c1-2-5-13-15-9-11-16(13)10-8-14-12-6-3-4-7-12/h9,11-12,14H,2-8,10H2,1H3. The van der Waals surface area contributed by atoms with Crippen LogP contribution in [0.4, 0.5) is 0 Å². The average molecular weight is 221 g/mol. The molecule has 0 spiro atoms. The van der Waals surface area contributed by atoms with Gasteiger partial charge < -0.3 is 9.88 Å². The first-order valence-corrected chi connectivity index (χ1v) is 6.63. The molecule has 16 heavy (non-hydrogen) atoms. The van der Waals surface area contributed by atoms with E-state index in [9.17, 15) is 0 Å². The van der Waals surface area contributed by atoms with Gasteiger partial charge in [0.1, 0.15) is 5.82 Å². The lowest BCUT2D eigenvalue weighted by molar-refractivity contribution is 0.490. The molecule has 1 aliphatic rings. The number of rotatable bonds is 6. The summed E-state index contributed by atoms with van der Waals surface area (Å²) in [5.74, 6) is 1.23. The topological polar surface area (TPSA) is 29.9 Å². The number of aryl methyl sites for hydroxylation is 1. The molecule has 0 aromatic carbocycles. The van der Waals surface area contributed by atoms with Gasteiger partial charge in [0.15, 0.2) is 0 Å². The van der Waals surface area contributed by atoms with Crippen LogP contribution in [0.1, 0.15) is 44.9 Å². The number of hydrogen-bond acceptors (Lipinski definition) is 2. The molecule has 2 rings (SSSR count). The maximum atomic E-state index is 4.39. The predicted molar refractivity (Wildman–Crippen MR) is 66.5 cm³/mol. The monoisotopic (exact) mass is 221 g/mol. The highest BCUT2D eigenvalue weighted by Crippen LogP contribution is 2.17. The molecule has 1 aromatic rings. The third-order valence-electron chi connectivity index (χ3n) is 3.42. The Bertz CT molecular complexity index is 300. The second-order valence-corrected chi connectivity index (χ2v) is 4.72. The summed E-state index contributed by atoms with van der Waals surface area (Å²) < 4.78 is 2.28. The van der Waals surface area contributed by atoms with Crippen LogP contribution in [-0.2, 0) is 13.0 Å². The summed E-state index contributed by atoms with van der Waals surface area (Å²) in [6, 6.07) is 0.776. The first-order chi connectivity index (χ1) is 7.90. The van der Waals surface area contributed by atoms with Crippen molar-refractivity contribution >= 4 is 0 Å². The first-order valence-electron chi connectivity index (χ1n) is 6.63. The van der Waals surface area contributed by atoms with E-state index in [-0.39, 0.29) is 0 Å². The Labute approximate surface area is 98.3 Å². The highest BCUT2D eigenvalue weighted by Gasteiger charge is 2.13. The molecule has 1 fully saturated rings. The van der Waals surface area contributed by atoms with Crippen molar-refractivity contribution in [1.29, 1.82) is 0 Å². The van der Waals surface area contributed by atoms with Crippen molar-refractivity contribution in [3.8, 4) is 0 Å². The summed E-state index contributed by atoms with van der Waals surface area (Å²) in [5, 5.41) is 3.64. The summed E-state index contributed by atoms with van der Waals surface area (Å²) in [7, 11) is 0. The molecule has 90 valence electrons. The lowest BCUT2D eigenvalue weighted by Crippen LogP contribution is -2.29. The van der Waals surface area contributed by atoms with E-state index in [1.54, 1.807) is 0 Å². The van der Waals surface area contributed by atoms with Gasteiger partial charge in [-0.1, -0.05) is 19.8 Å². The Kier molecular flexibility index (Phi) is 4.40. The molecule has 1 aromatic heterocycles. The zero-order valence-electron chi connectivity index (χ0n) is 10.3. The first kappa shape index (κ1) is 11.6. The Morgan fingerprint density at radius 3 is 3.00 bits per heavy atom. The zero-order valence-corrected chi connectivity index (χ0v) is 10.3. The van der Waals surface area contributed by atoms with Gasteiger partial charge in [0.05, 0.1) is 0 Å². The minimum Gasteiger partial charge on any atom is -0.334 e. The van der Waals surface area contributed by atoms with E-state index in [0.717, 1.165) is 25.6 Å². The van der Waals surface area contributed by atoms with Crippen LogP contribution in [0.25, 0.3) is 0 Å². The molecule has 1 aliphatic carbocycles. The molecular formula is C13H23N3. The number of nitrogens with one attached hydrogen (secondary N) is 1. The molecule has 0 amide bonds. The Balaban J connectivity index is 1.73. The molecular weight excluding hydrogens is 198 g/mol. The van der Waals surface area contributed by atoms with Crippen LogP contribution in [0.2, 0.25) is 0 Å². The summed E-state index contributed by atoms with van der Waals surface area (Å²) >= 11 is 0. The van der Waals surface area contributed by atoms with Crippen molar-refractivity contribution in [2.45, 2.75) is 58.0 Å². The molecule has 0 atom stereocenters. The smallest absolute Gasteiger partial charge is 0.108 e. The minimum atomic E-state index is 0.776. The zero-order chi connectivity index (χ0) is 11.2. The van der Waals surface area contributed by atoms with Crippen molar-refractivity contribution in [2.75, 3.05) is 6.54 Å². The van der Waals surface area contributed by atoms with Crippen molar-refractivity contribution in [3.63, 3.8) is 0 Å². The Morgan fingerprint density at radius 2 is 2.25 bits per heavy atom. The van der Waals surface area contributed by atoms with Crippen molar-refractivity contribution in [2.24, 2.45) is 0 Å². The molecule has 3 nitrogen and oxygen atoms in total. The van der Waals surface area contributed by atoms with E-state index in [0.29, 0.717) is 0 Å². The van der Waals surface area contributed by atoms with E-state index in [4.69, 9.17) is 0 Å². The normalized spacial score (nSPS) is 17.1. The van der Waals surface area contributed by atoms with Crippen molar-refractivity contribution in [1.82, 2.24) is 14.9 Å². The number of hydrogen-bond donors (Lipinski definition) is 1. The lowest BCUT2D eigenvalue weighted by Gasteiger charge is -2.13. The van der Waals surface area contributed by atoms with E-state index in [1.165, 1.54) is 37.9 Å². The van der Waals surface area contributed by atoms with Gasteiger partial charge in [-0.15, -0.1) is 0 Å². The van der Waals surface area contributed by atoms with Crippen molar-refractivity contribution in [3.05, 3.63) is 18.2 Å². The minimum absolute atomic E-state index is 0.776. The molecule has 3 heteroatoms. The molecule has 0 saturated heterocycles. The lowest BCUT2D eigenvalue weighted by atomic mass is 10.2. The van der Waals surface area contributed by atoms with E-state index in [2.05, 4.69) is 28.0 Å². The quantitative estimate of drug-likeness (QED) is 0.799. The molecule has 0 radical (unpaired) electrons. The third-order valence-corrected chi connectivity index (χ3v) is 3.42. The maximum Gasteiger partial charge on any atom is 0.108 e. The van der Waals surface area contributed by atoms with Gasteiger partial charge in [-0.2, -0.15) is 0 Å². The summed E-state index contributed by atoms with van der Waals surface area (Å²) in [4.78, 5) is 4.39. The van der Waals surface area contributed by atoms with Gasteiger partial charge in [0.25, 0.3) is 0 Å². The fourth-order valence-corrected chi connectivity index (χ4v) is 2.51. The van der Waals surface area contributed by atoms with Crippen LogP contribution < -0.4 is 5.32 Å². The molecule has 0 unspecified atom stereocenters. The molecule has 1 heterocycles. The fraction of sp³-hybridized carbons (Fsp3) is 0.769. The largest absolute Gasteiger partial charge is 0.334 e. The number of imidazole rings is 1. The Morgan fingerprint density at radius 1 is 1.44 bits per heavy atom. The maximum absolute atomic E-state index is 4.39. The Hall–Kier alpha value is -0.830. The number of nitrogens with zero attached hydrogens (tertiary/aromatic N) is 2. The molecule has 0 bridgehead atoms. The second kappa shape index (κ2) is 6.04. The van der Waals surface area contributed by atoms with Crippen LogP contribution in [0.3, 0.4) is 0 Å². The van der Waals surface area contributed by atoms with Crippen molar-refractivity contribution < 1.29 is 0 Å². The van der Waals surface area contributed by atoms with Gasteiger partial charge in [-0.3, -0.25) is 0 Å². The summed E-state index contributed by atoms with van der Waals surface area (Å²) in [5.41, 5.74) is 0. The van der Waals surface area contributed by atoms with Gasteiger partial charge in [-0.05, 0) is 19.3 Å². The van der Waals surface area contributed by atoms with Gasteiger partial charge in [0.2, 0.25) is 0 Å². The fourth-order valence-electron chi connectivity index (χ4n) is 2.51. The predicted octanol–water partition coefficient (Wildman–Crippen LogP) is 2.37. The molecule has 1 saturated carbocycles. The summed E-state index contributed by atoms with van der Waals surface area (Å²) in [6.45, 7) is 4.35. The highest BCUT2D eigenvalue weighted by atomic mass is 15.1. The van der Waals surface area contributed by atoms with Crippen LogP contribution >= 0.6 is 0 Å². The van der Waals surface area contributed by atoms with Crippen LogP contribution in [0.5, 0.6) is 0 Å². The SMILES string of the molecule is CCCc1nccn1CCNC1CCCC1. The van der Waals surface area contributed by atoms with Crippen LogP contribution in [0.15, 0.2) is 12.4 Å². The average Bonchev–Trinajstić information content (AvgIpc) is 2.91. The third kappa shape index (κ3) is 3.08. The van der Waals surface area contributed by atoms with E-state index in [1.807, 2.05) is 6.20 Å². The van der Waals surface area contributed by atoms with Crippen LogP contribution in [0, 0.1) is 0 Å². The van der Waals surface area contributed by atoms with Gasteiger partial charge in [0, 0.05) is 37.9 Å². The second-order valence-electron chi connectivity index (χ2n) is 4.72. The molecule has 1 N–H and O–H groups in total. The number of aromatic nitrogens is 2. The molecule has 0 aliphatic heterocycles. The van der Waals surface area contributed by atoms with E-state index >= 15 is 0 Å². The van der Waals surface area contributed by atoms with Gasteiger partial charge >= 0.3 is 0 Å². The van der Waals surface area contributed by atoms with E-state index < -0.39 is 0 Å². The summed E-state index contributed by atoms with van der Waals surface area (Å²) in [6.07, 6.45) is 11.8. The van der Waals surface area contributed by atoms with Gasteiger partial charge in [-0.25, -0.2) is 4.98 Å². The highest BCUT2D eigenvalue weighted by molar-refractivity contribution is 4.92. The van der Waals surface area contributed by atoms with Crippen LogP contribution in [-0.4, -0.2) is 22.1 Å².